The van der Waals surface area contributed by atoms with Gasteiger partial charge < -0.3 is 4.98 Å². The van der Waals surface area contributed by atoms with E-state index in [-0.39, 0.29) is 16.6 Å². The molecule has 0 aromatic carbocycles. The third kappa shape index (κ3) is 2.69. The second-order valence-electron chi connectivity index (χ2n) is 3.61. The summed E-state index contributed by atoms with van der Waals surface area (Å²) in [4.78, 5) is 10.7. The summed E-state index contributed by atoms with van der Waals surface area (Å²) in [7, 11) is -2.10. The third-order valence-corrected chi connectivity index (χ3v) is 4.35. The Bertz CT molecular complexity index is 610. The summed E-state index contributed by atoms with van der Waals surface area (Å²) in [6.45, 7) is 0.165. The van der Waals surface area contributed by atoms with Crippen LogP contribution in [0.3, 0.4) is 0 Å². The van der Waals surface area contributed by atoms with E-state index < -0.39 is 10.0 Å². The van der Waals surface area contributed by atoms with Gasteiger partial charge in [0.05, 0.1) is 6.54 Å². The molecule has 2 heterocycles. The van der Waals surface area contributed by atoms with Crippen molar-refractivity contribution < 1.29 is 8.42 Å². The van der Waals surface area contributed by atoms with Gasteiger partial charge in [0.25, 0.3) is 0 Å². The summed E-state index contributed by atoms with van der Waals surface area (Å²) in [5.41, 5.74) is 0. The van der Waals surface area contributed by atoms with Gasteiger partial charge in [-0.1, -0.05) is 11.6 Å². The van der Waals surface area contributed by atoms with Crippen molar-refractivity contribution in [3.63, 3.8) is 0 Å². The Kier molecular flexibility index (Phi) is 3.65. The molecule has 18 heavy (non-hydrogen) atoms. The number of aromatic amines is 1. The minimum atomic E-state index is -3.58. The maximum absolute atomic E-state index is 12.2. The Morgan fingerprint density at radius 2 is 2.17 bits per heavy atom. The number of hydrogen-bond donors (Lipinski definition) is 1. The largest absolute Gasteiger partial charge is 0.347 e. The highest BCUT2D eigenvalue weighted by molar-refractivity contribution is 7.89. The molecular weight excluding hydrogens is 276 g/mol. The van der Waals surface area contributed by atoms with E-state index in [0.717, 1.165) is 0 Å². The summed E-state index contributed by atoms with van der Waals surface area (Å²) in [6.07, 6.45) is 4.44. The summed E-state index contributed by atoms with van der Waals surface area (Å²) >= 11 is 5.62. The standard InChI is InChI=1S/C10H11ClN4O2S/c1-15(7-10-12-4-5-13-10)18(16,17)8-2-3-9(11)14-6-8/h2-6H,7H2,1H3,(H,12,13). The predicted octanol–water partition coefficient (Wildman–Crippen LogP) is 1.28. The minimum absolute atomic E-state index is 0.0981. The van der Waals surface area contributed by atoms with Crippen LogP contribution in [0.2, 0.25) is 5.15 Å². The van der Waals surface area contributed by atoms with Crippen LogP contribution in [-0.2, 0) is 16.6 Å². The second kappa shape index (κ2) is 5.05. The van der Waals surface area contributed by atoms with Crippen molar-refractivity contribution >= 4 is 21.6 Å². The van der Waals surface area contributed by atoms with Gasteiger partial charge in [0, 0.05) is 25.6 Å². The molecule has 0 aliphatic heterocycles. The van der Waals surface area contributed by atoms with Crippen molar-refractivity contribution in [2.24, 2.45) is 0 Å². The van der Waals surface area contributed by atoms with Gasteiger partial charge in [-0.25, -0.2) is 18.4 Å². The van der Waals surface area contributed by atoms with Gasteiger partial charge in [0.15, 0.2) is 0 Å². The fraction of sp³-hybridized carbons (Fsp3) is 0.200. The van der Waals surface area contributed by atoms with Gasteiger partial charge >= 0.3 is 0 Å². The minimum Gasteiger partial charge on any atom is -0.347 e. The normalized spacial score (nSPS) is 11.9. The highest BCUT2D eigenvalue weighted by Gasteiger charge is 2.21. The molecule has 0 saturated carbocycles. The second-order valence-corrected chi connectivity index (χ2v) is 6.05. The SMILES string of the molecule is CN(Cc1ncc[nH]1)S(=O)(=O)c1ccc(Cl)nc1. The molecule has 0 atom stereocenters. The molecule has 0 radical (unpaired) electrons. The molecule has 2 aromatic heterocycles. The summed E-state index contributed by atoms with van der Waals surface area (Å²) in [5, 5.41) is 0.252. The van der Waals surface area contributed by atoms with E-state index in [0.29, 0.717) is 5.82 Å². The first kappa shape index (κ1) is 13.0. The van der Waals surface area contributed by atoms with Crippen molar-refractivity contribution in [2.75, 3.05) is 7.05 Å². The fourth-order valence-electron chi connectivity index (χ4n) is 1.38. The smallest absolute Gasteiger partial charge is 0.244 e. The van der Waals surface area contributed by atoms with Crippen LogP contribution < -0.4 is 0 Å². The van der Waals surface area contributed by atoms with Gasteiger partial charge in [0.1, 0.15) is 15.9 Å². The molecule has 96 valence electrons. The lowest BCUT2D eigenvalue weighted by Gasteiger charge is -2.15. The lowest BCUT2D eigenvalue weighted by Crippen LogP contribution is -2.27. The van der Waals surface area contributed by atoms with Crippen molar-refractivity contribution in [3.8, 4) is 0 Å². The molecule has 6 nitrogen and oxygen atoms in total. The molecule has 2 rings (SSSR count). The van der Waals surface area contributed by atoms with Gasteiger partial charge in [-0.3, -0.25) is 0 Å². The molecule has 0 unspecified atom stereocenters. The number of halogens is 1. The molecule has 2 aromatic rings. The van der Waals surface area contributed by atoms with Crippen LogP contribution in [0.5, 0.6) is 0 Å². The average Bonchev–Trinajstić information content (AvgIpc) is 2.82. The molecule has 0 amide bonds. The zero-order valence-electron chi connectivity index (χ0n) is 9.54. The van der Waals surface area contributed by atoms with E-state index in [1.165, 1.54) is 29.7 Å². The van der Waals surface area contributed by atoms with Crippen LogP contribution in [0, 0.1) is 0 Å². The van der Waals surface area contributed by atoms with E-state index in [1.54, 1.807) is 12.4 Å². The van der Waals surface area contributed by atoms with Gasteiger partial charge in [-0.2, -0.15) is 4.31 Å². The van der Waals surface area contributed by atoms with Crippen LogP contribution in [0.15, 0.2) is 35.6 Å². The quantitative estimate of drug-likeness (QED) is 0.859. The lowest BCUT2D eigenvalue weighted by atomic mass is 10.5. The number of imidazole rings is 1. The molecule has 1 N–H and O–H groups in total. The molecule has 0 spiro atoms. The average molecular weight is 287 g/mol. The number of sulfonamides is 1. The van der Waals surface area contributed by atoms with Crippen molar-refractivity contribution in [3.05, 3.63) is 41.7 Å². The Hall–Kier alpha value is -1.44. The molecule has 0 aliphatic carbocycles. The van der Waals surface area contributed by atoms with E-state index in [4.69, 9.17) is 11.6 Å². The first-order valence-corrected chi connectivity index (χ1v) is 6.88. The number of pyridine rings is 1. The number of rotatable bonds is 4. The number of nitrogens with zero attached hydrogens (tertiary/aromatic N) is 3. The molecule has 0 aliphatic rings. The van der Waals surface area contributed by atoms with Crippen molar-refractivity contribution in [1.82, 2.24) is 19.3 Å². The number of hydrogen-bond acceptors (Lipinski definition) is 4. The molecule has 0 fully saturated rings. The molecule has 0 saturated heterocycles. The predicted molar refractivity (Wildman–Crippen MR) is 66.5 cm³/mol. The van der Waals surface area contributed by atoms with Crippen molar-refractivity contribution in [1.29, 1.82) is 0 Å². The third-order valence-electron chi connectivity index (χ3n) is 2.34. The molecule has 8 heteroatoms. The highest BCUT2D eigenvalue weighted by atomic mass is 35.5. The summed E-state index contributed by atoms with van der Waals surface area (Å²) < 4.78 is 25.5. The topological polar surface area (TPSA) is 79.0 Å². The summed E-state index contributed by atoms with van der Waals surface area (Å²) in [6, 6.07) is 2.86. The Balaban J connectivity index is 2.22. The molecule has 0 bridgehead atoms. The van der Waals surface area contributed by atoms with Gasteiger partial charge in [-0.05, 0) is 12.1 Å². The van der Waals surface area contributed by atoms with Gasteiger partial charge in [0.2, 0.25) is 10.0 Å². The van der Waals surface area contributed by atoms with E-state index in [9.17, 15) is 8.42 Å². The zero-order chi connectivity index (χ0) is 13.2. The first-order chi connectivity index (χ1) is 8.50. The monoisotopic (exact) mass is 286 g/mol. The van der Waals surface area contributed by atoms with Crippen LogP contribution >= 0.6 is 11.6 Å². The lowest BCUT2D eigenvalue weighted by molar-refractivity contribution is 0.458. The number of nitrogens with one attached hydrogen (secondary N) is 1. The maximum Gasteiger partial charge on any atom is 0.244 e. The van der Waals surface area contributed by atoms with Crippen LogP contribution in [0.25, 0.3) is 0 Å². The van der Waals surface area contributed by atoms with Crippen LogP contribution in [0.4, 0.5) is 0 Å². The van der Waals surface area contributed by atoms with Crippen LogP contribution in [0.1, 0.15) is 5.82 Å². The Labute approximate surface area is 110 Å². The van der Waals surface area contributed by atoms with Gasteiger partial charge in [-0.15, -0.1) is 0 Å². The Morgan fingerprint density at radius 1 is 1.39 bits per heavy atom. The highest BCUT2D eigenvalue weighted by Crippen LogP contribution is 2.16. The van der Waals surface area contributed by atoms with E-state index >= 15 is 0 Å². The van der Waals surface area contributed by atoms with Crippen LogP contribution in [-0.4, -0.2) is 34.7 Å². The first-order valence-electron chi connectivity index (χ1n) is 5.06. The zero-order valence-corrected chi connectivity index (χ0v) is 11.1. The van der Waals surface area contributed by atoms with Crippen molar-refractivity contribution in [2.45, 2.75) is 11.4 Å². The maximum atomic E-state index is 12.2. The molecular formula is C10H11ClN4O2S. The summed E-state index contributed by atoms with van der Waals surface area (Å²) in [5.74, 6) is 0.572. The Morgan fingerprint density at radius 3 is 2.72 bits per heavy atom. The van der Waals surface area contributed by atoms with E-state index in [2.05, 4.69) is 15.0 Å². The van der Waals surface area contributed by atoms with E-state index in [1.807, 2.05) is 0 Å². The number of aromatic nitrogens is 3. The fourth-order valence-corrected chi connectivity index (χ4v) is 2.56. The number of H-pyrrole nitrogens is 1.